The molecule has 0 atom stereocenters. The Balaban J connectivity index is 1.48. The summed E-state index contributed by atoms with van der Waals surface area (Å²) in [5, 5.41) is 7.36. The molecule has 2 heterocycles. The van der Waals surface area contributed by atoms with E-state index >= 15 is 0 Å². The van der Waals surface area contributed by atoms with Gasteiger partial charge in [-0.1, -0.05) is 58.4 Å². The van der Waals surface area contributed by atoms with Gasteiger partial charge in [0, 0.05) is 35.4 Å². The van der Waals surface area contributed by atoms with Crippen LogP contribution < -0.4 is 0 Å². The van der Waals surface area contributed by atoms with Gasteiger partial charge >= 0.3 is 0 Å². The summed E-state index contributed by atoms with van der Waals surface area (Å²) < 4.78 is 9.95. The van der Waals surface area contributed by atoms with Gasteiger partial charge < -0.3 is 4.42 Å². The van der Waals surface area contributed by atoms with E-state index in [0.717, 1.165) is 21.0 Å². The van der Waals surface area contributed by atoms with Crippen LogP contribution in [0, 0.1) is 0 Å². The number of rotatable bonds is 1. The Morgan fingerprint density at radius 2 is 1.32 bits per heavy atom. The van der Waals surface area contributed by atoms with Crippen LogP contribution in [-0.4, -0.2) is 0 Å². The highest BCUT2D eigenvalue weighted by molar-refractivity contribution is 9.10. The predicted molar refractivity (Wildman–Crippen MR) is 137 cm³/mol. The first-order valence-electron chi connectivity index (χ1n) is 10.2. The van der Waals surface area contributed by atoms with Crippen LogP contribution in [0.1, 0.15) is 0 Å². The van der Waals surface area contributed by atoms with Crippen LogP contribution in [0.2, 0.25) is 0 Å². The molecule has 5 aromatic carbocycles. The zero-order valence-electron chi connectivity index (χ0n) is 16.4. The van der Waals surface area contributed by atoms with Crippen LogP contribution >= 0.6 is 27.3 Å². The van der Waals surface area contributed by atoms with Gasteiger partial charge in [0.2, 0.25) is 0 Å². The first-order valence-corrected chi connectivity index (χ1v) is 11.8. The topological polar surface area (TPSA) is 13.1 Å². The zero-order chi connectivity index (χ0) is 20.5. The summed E-state index contributed by atoms with van der Waals surface area (Å²) in [6.07, 6.45) is 0. The predicted octanol–water partition coefficient (Wildman–Crippen LogP) is 9.54. The minimum atomic E-state index is 0.930. The highest BCUT2D eigenvalue weighted by Gasteiger charge is 2.12. The monoisotopic (exact) mass is 478 g/mol. The normalized spacial score (nSPS) is 12.0. The lowest BCUT2D eigenvalue weighted by Crippen LogP contribution is -1.78. The molecule has 0 aliphatic carbocycles. The third kappa shape index (κ3) is 2.60. The molecule has 0 aliphatic heterocycles. The Hall–Kier alpha value is -3.14. The highest BCUT2D eigenvalue weighted by atomic mass is 79.9. The molecule has 3 heteroatoms. The average Bonchev–Trinajstić information content (AvgIpc) is 3.35. The zero-order valence-corrected chi connectivity index (χ0v) is 18.8. The van der Waals surface area contributed by atoms with Crippen molar-refractivity contribution in [3.63, 3.8) is 0 Å². The number of hydrogen-bond acceptors (Lipinski definition) is 2. The SMILES string of the molecule is Brc1cccc2sc3ccc(-c4ccc5oc6cc7ccccc7cc6c5c4)cc3c12. The van der Waals surface area contributed by atoms with Crippen molar-refractivity contribution in [3.05, 3.63) is 95.5 Å². The summed E-state index contributed by atoms with van der Waals surface area (Å²) in [6.45, 7) is 0. The van der Waals surface area contributed by atoms with Crippen molar-refractivity contribution < 1.29 is 4.42 Å². The fourth-order valence-corrected chi connectivity index (χ4v) is 6.43. The van der Waals surface area contributed by atoms with Crippen LogP contribution in [0.25, 0.3) is 64.0 Å². The van der Waals surface area contributed by atoms with Crippen molar-refractivity contribution in [1.29, 1.82) is 0 Å². The van der Waals surface area contributed by atoms with Crippen molar-refractivity contribution in [2.75, 3.05) is 0 Å². The van der Waals surface area contributed by atoms with Gasteiger partial charge in [0.25, 0.3) is 0 Å². The number of furan rings is 1. The van der Waals surface area contributed by atoms with Crippen molar-refractivity contribution >= 4 is 80.1 Å². The maximum absolute atomic E-state index is 6.18. The van der Waals surface area contributed by atoms with E-state index in [0.29, 0.717) is 0 Å². The third-order valence-electron chi connectivity index (χ3n) is 6.12. The van der Waals surface area contributed by atoms with Crippen molar-refractivity contribution in [2.45, 2.75) is 0 Å². The van der Waals surface area contributed by atoms with E-state index < -0.39 is 0 Å². The maximum Gasteiger partial charge on any atom is 0.136 e. The van der Waals surface area contributed by atoms with Gasteiger partial charge in [-0.15, -0.1) is 11.3 Å². The molecule has 0 saturated carbocycles. The van der Waals surface area contributed by atoms with Crippen LogP contribution in [0.4, 0.5) is 0 Å². The average molecular weight is 479 g/mol. The molecule has 0 fully saturated rings. The molecule has 0 spiro atoms. The summed E-state index contributed by atoms with van der Waals surface area (Å²) >= 11 is 5.59. The molecule has 0 aliphatic rings. The molecule has 0 amide bonds. The number of benzene rings is 5. The second-order valence-corrected chi connectivity index (χ2v) is 9.87. The fraction of sp³-hybridized carbons (Fsp3) is 0. The lowest BCUT2D eigenvalue weighted by Gasteiger charge is -2.04. The second-order valence-electron chi connectivity index (χ2n) is 7.93. The minimum Gasteiger partial charge on any atom is -0.456 e. The molecular formula is C28H15BrOS. The van der Waals surface area contributed by atoms with Gasteiger partial charge in [0.15, 0.2) is 0 Å². The van der Waals surface area contributed by atoms with E-state index in [2.05, 4.69) is 107 Å². The smallest absolute Gasteiger partial charge is 0.136 e. The summed E-state index contributed by atoms with van der Waals surface area (Å²) in [5.41, 5.74) is 4.30. The number of fused-ring (bicyclic) bond motifs is 7. The number of hydrogen-bond donors (Lipinski definition) is 0. The van der Waals surface area contributed by atoms with Crippen LogP contribution in [0.3, 0.4) is 0 Å². The van der Waals surface area contributed by atoms with Crippen LogP contribution in [0.5, 0.6) is 0 Å². The summed E-state index contributed by atoms with van der Waals surface area (Å²) in [5.74, 6) is 0. The third-order valence-corrected chi connectivity index (χ3v) is 7.91. The number of thiophene rings is 1. The molecule has 0 radical (unpaired) electrons. The largest absolute Gasteiger partial charge is 0.456 e. The lowest BCUT2D eigenvalue weighted by molar-refractivity contribution is 0.669. The fourth-order valence-electron chi connectivity index (χ4n) is 4.60. The maximum atomic E-state index is 6.18. The molecule has 1 nitrogen and oxygen atoms in total. The molecule has 7 rings (SSSR count). The van der Waals surface area contributed by atoms with E-state index in [1.165, 1.54) is 47.5 Å². The van der Waals surface area contributed by atoms with E-state index in [4.69, 9.17) is 4.42 Å². The van der Waals surface area contributed by atoms with Crippen LogP contribution in [-0.2, 0) is 0 Å². The minimum absolute atomic E-state index is 0.930. The van der Waals surface area contributed by atoms with Crippen molar-refractivity contribution in [1.82, 2.24) is 0 Å². The van der Waals surface area contributed by atoms with Gasteiger partial charge in [-0.2, -0.15) is 0 Å². The van der Waals surface area contributed by atoms with Crippen molar-refractivity contribution in [2.24, 2.45) is 0 Å². The van der Waals surface area contributed by atoms with Gasteiger partial charge in [-0.25, -0.2) is 0 Å². The molecule has 31 heavy (non-hydrogen) atoms. The Bertz CT molecular complexity index is 1810. The molecule has 2 aromatic heterocycles. The molecule has 146 valence electrons. The van der Waals surface area contributed by atoms with Gasteiger partial charge in [0.05, 0.1) is 0 Å². The van der Waals surface area contributed by atoms with Gasteiger partial charge in [-0.05, 0) is 70.4 Å². The lowest BCUT2D eigenvalue weighted by atomic mass is 10.00. The molecule has 0 N–H and O–H groups in total. The standard InChI is InChI=1S/C28H15BrOS/c29-23-6-3-7-27-28(23)22-14-19(9-11-26(22)31-27)18-8-10-24-20(13-18)21-12-16-4-1-2-5-17(16)15-25(21)30-24/h1-15H. The highest BCUT2D eigenvalue weighted by Crippen LogP contribution is 2.41. The molecular weight excluding hydrogens is 464 g/mol. The summed E-state index contributed by atoms with van der Waals surface area (Å²) in [6, 6.07) is 32.6. The van der Waals surface area contributed by atoms with Crippen molar-refractivity contribution in [3.8, 4) is 11.1 Å². The van der Waals surface area contributed by atoms with Gasteiger partial charge in [0.1, 0.15) is 11.2 Å². The Morgan fingerprint density at radius 1 is 0.581 bits per heavy atom. The first kappa shape index (κ1) is 17.5. The number of halogens is 1. The molecule has 0 bridgehead atoms. The van der Waals surface area contributed by atoms with E-state index in [1.54, 1.807) is 0 Å². The first-order chi connectivity index (χ1) is 15.2. The Morgan fingerprint density at radius 3 is 2.19 bits per heavy atom. The Kier molecular flexibility index (Phi) is 3.64. The Labute approximate surface area is 190 Å². The van der Waals surface area contributed by atoms with E-state index in [9.17, 15) is 0 Å². The summed E-state index contributed by atoms with van der Waals surface area (Å²) in [4.78, 5) is 0. The molecule has 7 aromatic rings. The summed E-state index contributed by atoms with van der Waals surface area (Å²) in [7, 11) is 0. The van der Waals surface area contributed by atoms with E-state index in [-0.39, 0.29) is 0 Å². The molecule has 0 saturated heterocycles. The quantitative estimate of drug-likeness (QED) is 0.229. The molecule has 0 unspecified atom stereocenters. The second kappa shape index (κ2) is 6.43. The van der Waals surface area contributed by atoms with Crippen LogP contribution in [0.15, 0.2) is 99.9 Å². The van der Waals surface area contributed by atoms with Gasteiger partial charge in [-0.3, -0.25) is 0 Å². The van der Waals surface area contributed by atoms with E-state index in [1.807, 2.05) is 11.3 Å².